The number of amides is 1. The molecule has 2 bridgehead atoms. The smallest absolute Gasteiger partial charge is 0.224 e. The van der Waals surface area contributed by atoms with Crippen molar-refractivity contribution in [1.82, 2.24) is 25.2 Å². The highest BCUT2D eigenvalue weighted by molar-refractivity contribution is 5.79. The van der Waals surface area contributed by atoms with Crippen LogP contribution in [0, 0.1) is 11.8 Å². The summed E-state index contributed by atoms with van der Waals surface area (Å²) in [5.41, 5.74) is 1.81. The second-order valence-electron chi connectivity index (χ2n) is 7.97. The molecule has 2 N–H and O–H groups in total. The molecule has 1 aromatic heterocycles. The van der Waals surface area contributed by atoms with Gasteiger partial charge in [-0.15, -0.1) is 5.10 Å². The molecule has 8 nitrogen and oxygen atoms in total. The largest absolute Gasteiger partial charge is 0.496 e. The molecule has 3 aliphatic rings. The van der Waals surface area contributed by atoms with E-state index in [1.165, 1.54) is 0 Å². The lowest BCUT2D eigenvalue weighted by Gasteiger charge is -2.49. The van der Waals surface area contributed by atoms with Gasteiger partial charge in [0.1, 0.15) is 5.75 Å². The molecule has 3 fully saturated rings. The van der Waals surface area contributed by atoms with Crippen LogP contribution in [0.5, 0.6) is 5.75 Å². The number of ether oxygens (including phenoxy) is 1. The monoisotopic (exact) mass is 399 g/mol. The van der Waals surface area contributed by atoms with Gasteiger partial charge in [0, 0.05) is 43.9 Å². The van der Waals surface area contributed by atoms with E-state index in [4.69, 9.17) is 9.84 Å². The minimum Gasteiger partial charge on any atom is -0.496 e. The second-order valence-corrected chi connectivity index (χ2v) is 7.97. The molecule has 0 radical (unpaired) electrons. The molecule has 156 valence electrons. The number of fused-ring (bicyclic) bond motifs is 3. The molecular formula is C21H29N5O3. The van der Waals surface area contributed by atoms with Crippen molar-refractivity contribution in [3.05, 3.63) is 41.7 Å². The van der Waals surface area contributed by atoms with Gasteiger partial charge in [-0.05, 0) is 31.4 Å². The number of hydrogen-bond donors (Lipinski definition) is 2. The van der Waals surface area contributed by atoms with E-state index in [2.05, 4.69) is 20.5 Å². The second kappa shape index (κ2) is 8.92. The van der Waals surface area contributed by atoms with E-state index in [1.807, 2.05) is 35.1 Å². The average Bonchev–Trinajstić information content (AvgIpc) is 3.19. The molecule has 0 aliphatic carbocycles. The lowest BCUT2D eigenvalue weighted by atomic mass is 9.75. The minimum atomic E-state index is 0.0374. The number of para-hydroxylation sites is 1. The predicted molar refractivity (Wildman–Crippen MR) is 107 cm³/mol. The summed E-state index contributed by atoms with van der Waals surface area (Å²) < 4.78 is 7.24. The van der Waals surface area contributed by atoms with Crippen LogP contribution in [0.25, 0.3) is 0 Å². The molecule has 0 saturated carbocycles. The zero-order valence-electron chi connectivity index (χ0n) is 16.8. The molecule has 3 aliphatic heterocycles. The van der Waals surface area contributed by atoms with Crippen LogP contribution >= 0.6 is 0 Å². The normalized spacial score (nSPS) is 25.7. The SMILES string of the molecule is COc1ccccc1CNC(=O)[C@H]1CN2CCC1C[C@@H]2Cn1cc(CCO)nn1. The Morgan fingerprint density at radius 2 is 2.24 bits per heavy atom. The summed E-state index contributed by atoms with van der Waals surface area (Å²) in [4.78, 5) is 15.3. The summed E-state index contributed by atoms with van der Waals surface area (Å²) in [6.07, 6.45) is 4.51. The molecule has 4 atom stereocenters. The molecule has 8 heteroatoms. The first-order chi connectivity index (χ1) is 14.2. The highest BCUT2D eigenvalue weighted by Gasteiger charge is 2.43. The Morgan fingerprint density at radius 1 is 1.38 bits per heavy atom. The number of aromatic nitrogens is 3. The Labute approximate surface area is 170 Å². The molecule has 4 heterocycles. The third-order valence-corrected chi connectivity index (χ3v) is 6.21. The van der Waals surface area contributed by atoms with E-state index in [-0.39, 0.29) is 18.4 Å². The molecule has 1 amide bonds. The summed E-state index contributed by atoms with van der Waals surface area (Å²) in [6, 6.07) is 8.17. The number of aliphatic hydroxyl groups excluding tert-OH is 1. The Kier molecular flexibility index (Phi) is 6.10. The van der Waals surface area contributed by atoms with Gasteiger partial charge in [0.25, 0.3) is 0 Å². The van der Waals surface area contributed by atoms with E-state index in [1.54, 1.807) is 7.11 Å². The van der Waals surface area contributed by atoms with Gasteiger partial charge in [-0.3, -0.25) is 14.4 Å². The molecule has 0 spiro atoms. The summed E-state index contributed by atoms with van der Waals surface area (Å²) in [5.74, 6) is 1.38. The number of aliphatic hydroxyl groups is 1. The fraction of sp³-hybridized carbons (Fsp3) is 0.571. The van der Waals surface area contributed by atoms with E-state index < -0.39 is 0 Å². The molecule has 3 saturated heterocycles. The number of carbonyl (C=O) groups excluding carboxylic acids is 1. The lowest BCUT2D eigenvalue weighted by Crippen LogP contribution is -2.58. The van der Waals surface area contributed by atoms with Crippen molar-refractivity contribution >= 4 is 5.91 Å². The van der Waals surface area contributed by atoms with Gasteiger partial charge >= 0.3 is 0 Å². The molecule has 5 rings (SSSR count). The number of nitrogens with one attached hydrogen (secondary N) is 1. The zero-order valence-corrected chi connectivity index (χ0v) is 16.8. The fourth-order valence-corrected chi connectivity index (χ4v) is 4.66. The standard InChI is InChI=1S/C21H29N5O3/c1-29-20-5-3-2-4-16(20)11-22-21(28)19-14-25-8-6-15(19)10-18(25)13-26-12-17(7-9-27)23-24-26/h2-5,12,15,18-19,27H,6-11,13-14H2,1H3,(H,22,28)/t15?,18-,19+/m1/s1. The molecule has 2 unspecified atom stereocenters. The van der Waals surface area contributed by atoms with E-state index in [0.717, 1.165) is 49.5 Å². The highest BCUT2D eigenvalue weighted by Crippen LogP contribution is 2.37. The van der Waals surface area contributed by atoms with Gasteiger partial charge in [-0.1, -0.05) is 23.4 Å². The number of methoxy groups -OCH3 is 1. The van der Waals surface area contributed by atoms with Crippen LogP contribution in [0.2, 0.25) is 0 Å². The number of nitrogens with zero attached hydrogens (tertiary/aromatic N) is 4. The highest BCUT2D eigenvalue weighted by atomic mass is 16.5. The maximum absolute atomic E-state index is 12.9. The van der Waals surface area contributed by atoms with Gasteiger partial charge in [0.2, 0.25) is 5.91 Å². The van der Waals surface area contributed by atoms with Crippen LogP contribution in [0.1, 0.15) is 24.1 Å². The van der Waals surface area contributed by atoms with Gasteiger partial charge in [-0.25, -0.2) is 0 Å². The van der Waals surface area contributed by atoms with E-state index in [0.29, 0.717) is 24.9 Å². The predicted octanol–water partition coefficient (Wildman–Crippen LogP) is 0.848. The van der Waals surface area contributed by atoms with E-state index >= 15 is 0 Å². The van der Waals surface area contributed by atoms with Crippen molar-refractivity contribution in [3.63, 3.8) is 0 Å². The van der Waals surface area contributed by atoms with Crippen LogP contribution in [-0.4, -0.2) is 63.8 Å². The number of hydrogen-bond acceptors (Lipinski definition) is 6. The number of piperidine rings is 3. The first-order valence-electron chi connectivity index (χ1n) is 10.3. The fourth-order valence-electron chi connectivity index (χ4n) is 4.66. The lowest BCUT2D eigenvalue weighted by molar-refractivity contribution is -0.133. The number of carbonyl (C=O) groups is 1. The molecule has 29 heavy (non-hydrogen) atoms. The Morgan fingerprint density at radius 3 is 3.00 bits per heavy atom. The Hall–Kier alpha value is -2.45. The Balaban J connectivity index is 1.33. The summed E-state index contributed by atoms with van der Waals surface area (Å²) >= 11 is 0. The number of rotatable bonds is 8. The summed E-state index contributed by atoms with van der Waals surface area (Å²) in [5, 5.41) is 20.4. The average molecular weight is 399 g/mol. The summed E-state index contributed by atoms with van der Waals surface area (Å²) in [6.45, 7) is 3.18. The van der Waals surface area contributed by atoms with Gasteiger partial charge < -0.3 is 15.2 Å². The molecular weight excluding hydrogens is 370 g/mol. The van der Waals surface area contributed by atoms with Crippen LogP contribution < -0.4 is 10.1 Å². The summed E-state index contributed by atoms with van der Waals surface area (Å²) in [7, 11) is 1.65. The third kappa shape index (κ3) is 4.43. The van der Waals surface area contributed by atoms with Crippen molar-refractivity contribution in [3.8, 4) is 5.75 Å². The van der Waals surface area contributed by atoms with E-state index in [9.17, 15) is 4.79 Å². The van der Waals surface area contributed by atoms with Crippen molar-refractivity contribution in [2.45, 2.75) is 38.4 Å². The van der Waals surface area contributed by atoms with Crippen molar-refractivity contribution in [1.29, 1.82) is 0 Å². The van der Waals surface area contributed by atoms with Gasteiger partial charge in [0.05, 0.1) is 25.3 Å². The number of benzene rings is 1. The maximum Gasteiger partial charge on any atom is 0.224 e. The van der Waals surface area contributed by atoms with Crippen LogP contribution in [-0.2, 0) is 24.3 Å². The third-order valence-electron chi connectivity index (χ3n) is 6.21. The van der Waals surface area contributed by atoms with Gasteiger partial charge in [0.15, 0.2) is 0 Å². The van der Waals surface area contributed by atoms with Crippen LogP contribution in [0.15, 0.2) is 30.5 Å². The quantitative estimate of drug-likeness (QED) is 0.684. The molecule has 1 aromatic carbocycles. The van der Waals surface area contributed by atoms with Crippen molar-refractivity contribution in [2.24, 2.45) is 11.8 Å². The van der Waals surface area contributed by atoms with Crippen molar-refractivity contribution in [2.75, 3.05) is 26.8 Å². The van der Waals surface area contributed by atoms with Crippen molar-refractivity contribution < 1.29 is 14.6 Å². The van der Waals surface area contributed by atoms with Crippen LogP contribution in [0.3, 0.4) is 0 Å². The Bertz CT molecular complexity index is 839. The molecule has 2 aromatic rings. The first kappa shape index (κ1) is 19.8. The van der Waals surface area contributed by atoms with Gasteiger partial charge in [-0.2, -0.15) is 0 Å². The topological polar surface area (TPSA) is 92.5 Å². The van der Waals surface area contributed by atoms with Crippen LogP contribution in [0.4, 0.5) is 0 Å². The first-order valence-corrected chi connectivity index (χ1v) is 10.3. The minimum absolute atomic E-state index is 0.0374. The maximum atomic E-state index is 12.9. The zero-order chi connectivity index (χ0) is 20.2.